The van der Waals surface area contributed by atoms with Crippen LogP contribution in [0.4, 0.5) is 5.69 Å². The summed E-state index contributed by atoms with van der Waals surface area (Å²) in [6, 6.07) is 15.2. The van der Waals surface area contributed by atoms with Crippen LogP contribution in [-0.2, 0) is 0 Å². The minimum atomic E-state index is -0.129. The Hall–Kier alpha value is -2.20. The molecule has 3 aromatic rings. The Balaban J connectivity index is 1.96. The molecule has 1 aromatic heterocycles. The Labute approximate surface area is 131 Å². The van der Waals surface area contributed by atoms with Gasteiger partial charge in [0, 0.05) is 21.6 Å². The third kappa shape index (κ3) is 2.95. The number of benzene rings is 2. The summed E-state index contributed by atoms with van der Waals surface area (Å²) in [5.74, 6) is -0.129. The Bertz CT molecular complexity index is 830. The molecule has 0 saturated heterocycles. The highest BCUT2D eigenvalue weighted by molar-refractivity contribution is 9.10. The van der Waals surface area contributed by atoms with E-state index in [0.717, 1.165) is 20.9 Å². The number of aromatic nitrogens is 1. The van der Waals surface area contributed by atoms with E-state index in [1.54, 1.807) is 12.3 Å². The first-order chi connectivity index (χ1) is 10.1. The highest BCUT2D eigenvalue weighted by atomic mass is 79.9. The Morgan fingerprint density at radius 2 is 1.95 bits per heavy atom. The van der Waals surface area contributed by atoms with E-state index in [0.29, 0.717) is 11.3 Å². The number of hydrogen-bond donors (Lipinski definition) is 1. The Morgan fingerprint density at radius 3 is 2.76 bits per heavy atom. The van der Waals surface area contributed by atoms with Crippen LogP contribution in [0.5, 0.6) is 0 Å². The number of carbonyl (C=O) groups excluding carboxylic acids is 1. The first-order valence-corrected chi connectivity index (χ1v) is 7.35. The summed E-state index contributed by atoms with van der Waals surface area (Å²) in [6.45, 7) is 1.97. The predicted octanol–water partition coefficient (Wildman–Crippen LogP) is 4.56. The van der Waals surface area contributed by atoms with Gasteiger partial charge in [0.05, 0.1) is 11.2 Å². The second-order valence-corrected chi connectivity index (χ2v) is 5.77. The number of hydrogen-bond acceptors (Lipinski definition) is 2. The van der Waals surface area contributed by atoms with Crippen LogP contribution in [0.15, 0.2) is 59.2 Å². The van der Waals surface area contributed by atoms with Crippen LogP contribution in [0.1, 0.15) is 15.9 Å². The SMILES string of the molecule is Cc1cccc(C(=O)Nc2cccc3cc(Br)cnc23)c1. The van der Waals surface area contributed by atoms with Gasteiger partial charge in [0.1, 0.15) is 0 Å². The molecule has 1 heterocycles. The summed E-state index contributed by atoms with van der Waals surface area (Å²) in [4.78, 5) is 16.7. The monoisotopic (exact) mass is 340 g/mol. The molecule has 4 heteroatoms. The summed E-state index contributed by atoms with van der Waals surface area (Å²) in [7, 11) is 0. The third-order valence-corrected chi connectivity index (χ3v) is 3.64. The molecule has 1 amide bonds. The molecule has 0 saturated carbocycles. The van der Waals surface area contributed by atoms with E-state index in [1.807, 2.05) is 49.4 Å². The Morgan fingerprint density at radius 1 is 1.14 bits per heavy atom. The number of halogens is 1. The summed E-state index contributed by atoms with van der Waals surface area (Å²) in [6.07, 6.45) is 1.73. The summed E-state index contributed by atoms with van der Waals surface area (Å²) >= 11 is 3.40. The molecule has 2 aromatic carbocycles. The van der Waals surface area contributed by atoms with Crippen LogP contribution in [-0.4, -0.2) is 10.9 Å². The van der Waals surface area contributed by atoms with Crippen LogP contribution in [0.3, 0.4) is 0 Å². The van der Waals surface area contributed by atoms with Gasteiger partial charge in [-0.3, -0.25) is 9.78 Å². The van der Waals surface area contributed by atoms with Gasteiger partial charge < -0.3 is 5.32 Å². The number of para-hydroxylation sites is 1. The topological polar surface area (TPSA) is 42.0 Å². The molecule has 0 aliphatic carbocycles. The first-order valence-electron chi connectivity index (χ1n) is 6.56. The molecule has 21 heavy (non-hydrogen) atoms. The predicted molar refractivity (Wildman–Crippen MR) is 88.6 cm³/mol. The van der Waals surface area contributed by atoms with Gasteiger partial charge in [-0.1, -0.05) is 29.8 Å². The number of aryl methyl sites for hydroxylation is 1. The number of anilines is 1. The lowest BCUT2D eigenvalue weighted by molar-refractivity contribution is 0.102. The van der Waals surface area contributed by atoms with Crippen molar-refractivity contribution in [3.8, 4) is 0 Å². The number of pyridine rings is 1. The fourth-order valence-electron chi connectivity index (χ4n) is 2.22. The average molecular weight is 341 g/mol. The van der Waals surface area contributed by atoms with E-state index >= 15 is 0 Å². The number of rotatable bonds is 2. The largest absolute Gasteiger partial charge is 0.320 e. The van der Waals surface area contributed by atoms with Gasteiger partial charge in [-0.05, 0) is 47.1 Å². The number of fused-ring (bicyclic) bond motifs is 1. The molecule has 0 spiro atoms. The molecule has 0 unspecified atom stereocenters. The second kappa shape index (κ2) is 5.66. The molecule has 0 aliphatic heterocycles. The third-order valence-electron chi connectivity index (χ3n) is 3.21. The van der Waals surface area contributed by atoms with Crippen molar-refractivity contribution in [3.05, 3.63) is 70.3 Å². The number of nitrogens with zero attached hydrogens (tertiary/aromatic N) is 1. The number of amides is 1. The second-order valence-electron chi connectivity index (χ2n) is 4.85. The van der Waals surface area contributed by atoms with E-state index in [9.17, 15) is 4.79 Å². The molecule has 3 nitrogen and oxygen atoms in total. The zero-order chi connectivity index (χ0) is 14.8. The number of nitrogens with one attached hydrogen (secondary N) is 1. The molecule has 0 aliphatic rings. The van der Waals surface area contributed by atoms with Crippen LogP contribution in [0, 0.1) is 6.92 Å². The van der Waals surface area contributed by atoms with Crippen LogP contribution < -0.4 is 5.32 Å². The van der Waals surface area contributed by atoms with Crippen LogP contribution in [0.25, 0.3) is 10.9 Å². The lowest BCUT2D eigenvalue weighted by Gasteiger charge is -2.08. The van der Waals surface area contributed by atoms with Crippen molar-refractivity contribution in [1.29, 1.82) is 0 Å². The summed E-state index contributed by atoms with van der Waals surface area (Å²) in [5.41, 5.74) is 3.19. The van der Waals surface area contributed by atoms with Crippen molar-refractivity contribution >= 4 is 38.4 Å². The molecule has 3 rings (SSSR count). The minimum Gasteiger partial charge on any atom is -0.320 e. The standard InChI is InChI=1S/C17H13BrN2O/c1-11-4-2-6-13(8-11)17(21)20-15-7-3-5-12-9-14(18)10-19-16(12)15/h2-10H,1H3,(H,20,21). The van der Waals surface area contributed by atoms with E-state index < -0.39 is 0 Å². The van der Waals surface area contributed by atoms with Crippen molar-refractivity contribution in [3.63, 3.8) is 0 Å². The maximum atomic E-state index is 12.3. The molecular formula is C17H13BrN2O. The molecular weight excluding hydrogens is 328 g/mol. The van der Waals surface area contributed by atoms with Crippen molar-refractivity contribution in [2.45, 2.75) is 6.92 Å². The summed E-state index contributed by atoms with van der Waals surface area (Å²) in [5, 5.41) is 3.91. The van der Waals surface area contributed by atoms with Crippen molar-refractivity contribution in [1.82, 2.24) is 4.98 Å². The van der Waals surface area contributed by atoms with Gasteiger partial charge >= 0.3 is 0 Å². The highest BCUT2D eigenvalue weighted by Gasteiger charge is 2.09. The minimum absolute atomic E-state index is 0.129. The smallest absolute Gasteiger partial charge is 0.255 e. The quantitative estimate of drug-likeness (QED) is 0.743. The van der Waals surface area contributed by atoms with E-state index in [2.05, 4.69) is 26.2 Å². The maximum absolute atomic E-state index is 12.3. The van der Waals surface area contributed by atoms with Gasteiger partial charge in [0.2, 0.25) is 0 Å². The van der Waals surface area contributed by atoms with Crippen molar-refractivity contribution < 1.29 is 4.79 Å². The molecule has 0 radical (unpaired) electrons. The number of carbonyl (C=O) groups is 1. The van der Waals surface area contributed by atoms with Crippen molar-refractivity contribution in [2.75, 3.05) is 5.32 Å². The highest BCUT2D eigenvalue weighted by Crippen LogP contribution is 2.24. The molecule has 1 N–H and O–H groups in total. The molecule has 104 valence electrons. The van der Waals surface area contributed by atoms with Gasteiger partial charge in [-0.2, -0.15) is 0 Å². The zero-order valence-corrected chi connectivity index (χ0v) is 13.0. The molecule has 0 bridgehead atoms. The summed E-state index contributed by atoms with van der Waals surface area (Å²) < 4.78 is 0.914. The maximum Gasteiger partial charge on any atom is 0.255 e. The molecule has 0 atom stereocenters. The fraction of sp³-hybridized carbons (Fsp3) is 0.0588. The van der Waals surface area contributed by atoms with Gasteiger partial charge in [-0.15, -0.1) is 0 Å². The molecule has 0 fully saturated rings. The first kappa shape index (κ1) is 13.8. The normalized spacial score (nSPS) is 10.6. The van der Waals surface area contributed by atoms with Gasteiger partial charge in [0.25, 0.3) is 5.91 Å². The van der Waals surface area contributed by atoms with Crippen LogP contribution >= 0.6 is 15.9 Å². The lowest BCUT2D eigenvalue weighted by Crippen LogP contribution is -2.12. The van der Waals surface area contributed by atoms with E-state index in [4.69, 9.17) is 0 Å². The van der Waals surface area contributed by atoms with Crippen molar-refractivity contribution in [2.24, 2.45) is 0 Å². The zero-order valence-electron chi connectivity index (χ0n) is 11.4. The van der Waals surface area contributed by atoms with Gasteiger partial charge in [-0.25, -0.2) is 0 Å². The van der Waals surface area contributed by atoms with E-state index in [-0.39, 0.29) is 5.91 Å². The fourth-order valence-corrected chi connectivity index (χ4v) is 2.56. The Kier molecular flexibility index (Phi) is 3.71. The van der Waals surface area contributed by atoms with E-state index in [1.165, 1.54) is 0 Å². The van der Waals surface area contributed by atoms with Gasteiger partial charge in [0.15, 0.2) is 0 Å². The lowest BCUT2D eigenvalue weighted by atomic mass is 10.1. The average Bonchev–Trinajstić information content (AvgIpc) is 2.47. The van der Waals surface area contributed by atoms with Crippen LogP contribution in [0.2, 0.25) is 0 Å².